The molecule has 0 unspecified atom stereocenters. The summed E-state index contributed by atoms with van der Waals surface area (Å²) in [6.07, 6.45) is 0. The van der Waals surface area contributed by atoms with Crippen LogP contribution in [0.4, 0.5) is 5.69 Å². The average Bonchev–Trinajstić information content (AvgIpc) is 2.83. The van der Waals surface area contributed by atoms with Crippen LogP contribution in [0, 0.1) is 6.92 Å². The Labute approximate surface area is 126 Å². The molecule has 0 aliphatic heterocycles. The van der Waals surface area contributed by atoms with Gasteiger partial charge < -0.3 is 16.4 Å². The second-order valence-corrected chi connectivity index (χ2v) is 5.69. The third kappa shape index (κ3) is 4.03. The van der Waals surface area contributed by atoms with Gasteiger partial charge in [-0.25, -0.2) is 4.98 Å². The monoisotopic (exact) mass is 304 g/mol. The predicted octanol–water partition coefficient (Wildman–Crippen LogP) is 1.16. The van der Waals surface area contributed by atoms with Gasteiger partial charge in [-0.3, -0.25) is 9.59 Å². The molecule has 2 amide bonds. The molecule has 0 atom stereocenters. The zero-order valence-corrected chi connectivity index (χ0v) is 12.4. The van der Waals surface area contributed by atoms with E-state index in [0.29, 0.717) is 11.4 Å². The highest BCUT2D eigenvalue weighted by Gasteiger charge is 2.20. The number of rotatable bonds is 5. The van der Waals surface area contributed by atoms with E-state index in [1.54, 1.807) is 23.6 Å². The fraction of sp³-hybridized carbons (Fsp3) is 0.214. The highest BCUT2D eigenvalue weighted by atomic mass is 32.1. The molecule has 1 heterocycles. The summed E-state index contributed by atoms with van der Waals surface area (Å²) in [7, 11) is 0. The molecule has 21 heavy (non-hydrogen) atoms. The van der Waals surface area contributed by atoms with Crippen molar-refractivity contribution >= 4 is 28.8 Å². The maximum atomic E-state index is 12.4. The quantitative estimate of drug-likeness (QED) is 0.809. The number of anilines is 1. The number of aromatic nitrogens is 1. The van der Waals surface area contributed by atoms with Crippen LogP contribution in [0.15, 0.2) is 29.6 Å². The minimum absolute atomic E-state index is 0.162. The van der Waals surface area contributed by atoms with Crippen LogP contribution in [0.1, 0.15) is 21.1 Å². The van der Waals surface area contributed by atoms with Crippen LogP contribution >= 0.6 is 11.3 Å². The Morgan fingerprint density at radius 3 is 2.71 bits per heavy atom. The second kappa shape index (κ2) is 6.36. The van der Waals surface area contributed by atoms with Crippen LogP contribution in [0.5, 0.6) is 0 Å². The van der Waals surface area contributed by atoms with Gasteiger partial charge in [0.2, 0.25) is 5.91 Å². The Balaban J connectivity index is 2.21. The van der Waals surface area contributed by atoms with Crippen LogP contribution < -0.4 is 11.5 Å². The van der Waals surface area contributed by atoms with Crippen LogP contribution in [0.25, 0.3) is 0 Å². The average molecular weight is 304 g/mol. The first-order valence-electron chi connectivity index (χ1n) is 6.30. The Kier molecular flexibility index (Phi) is 4.54. The molecule has 6 nitrogen and oxygen atoms in total. The summed E-state index contributed by atoms with van der Waals surface area (Å²) in [5, 5.41) is 2.46. The summed E-state index contributed by atoms with van der Waals surface area (Å²) in [6, 6.07) is 7.15. The van der Waals surface area contributed by atoms with Crippen LogP contribution in [-0.4, -0.2) is 28.2 Å². The molecular formula is C14H16N4O2S. The highest BCUT2D eigenvalue weighted by Crippen LogP contribution is 2.14. The highest BCUT2D eigenvalue weighted by molar-refractivity contribution is 7.09. The molecule has 1 aromatic carbocycles. The molecule has 0 radical (unpaired) electrons. The number of nitrogen functional groups attached to an aromatic ring is 1. The molecule has 0 spiro atoms. The zero-order valence-electron chi connectivity index (χ0n) is 11.6. The van der Waals surface area contributed by atoms with Gasteiger partial charge in [-0.1, -0.05) is 12.1 Å². The fourth-order valence-electron chi connectivity index (χ4n) is 1.92. The lowest BCUT2D eigenvalue weighted by Crippen LogP contribution is -2.38. The first-order valence-corrected chi connectivity index (χ1v) is 7.18. The lowest BCUT2D eigenvalue weighted by molar-refractivity contribution is -0.118. The summed E-state index contributed by atoms with van der Waals surface area (Å²) in [4.78, 5) is 29.1. The van der Waals surface area contributed by atoms with E-state index >= 15 is 0 Å². The third-order valence-electron chi connectivity index (χ3n) is 2.80. The number of carbonyl (C=O) groups excluding carboxylic acids is 2. The summed E-state index contributed by atoms with van der Waals surface area (Å²) in [5.41, 5.74) is 12.7. The zero-order chi connectivity index (χ0) is 15.4. The molecule has 4 N–H and O–H groups in total. The van der Waals surface area contributed by atoms with E-state index in [4.69, 9.17) is 11.5 Å². The lowest BCUT2D eigenvalue weighted by Gasteiger charge is -2.20. The number of primary amides is 1. The Morgan fingerprint density at radius 1 is 1.38 bits per heavy atom. The van der Waals surface area contributed by atoms with Crippen LogP contribution in [0.3, 0.4) is 0 Å². The molecule has 2 aromatic rings. The maximum Gasteiger partial charge on any atom is 0.274 e. The van der Waals surface area contributed by atoms with E-state index in [1.165, 1.54) is 16.2 Å². The number of carbonyl (C=O) groups is 2. The first kappa shape index (κ1) is 15.0. The van der Waals surface area contributed by atoms with Crippen molar-refractivity contribution in [3.05, 3.63) is 45.9 Å². The fourth-order valence-corrected chi connectivity index (χ4v) is 2.51. The Hall–Kier alpha value is -2.41. The van der Waals surface area contributed by atoms with Crippen molar-refractivity contribution in [3.63, 3.8) is 0 Å². The maximum absolute atomic E-state index is 12.4. The number of hydrogen-bond acceptors (Lipinski definition) is 5. The van der Waals surface area contributed by atoms with Gasteiger partial charge in [-0.05, 0) is 24.6 Å². The van der Waals surface area contributed by atoms with Gasteiger partial charge in [0.15, 0.2) is 0 Å². The van der Waals surface area contributed by atoms with E-state index in [2.05, 4.69) is 4.98 Å². The number of benzene rings is 1. The lowest BCUT2D eigenvalue weighted by atomic mass is 10.2. The Morgan fingerprint density at radius 2 is 2.14 bits per heavy atom. The third-order valence-corrected chi connectivity index (χ3v) is 3.57. The molecule has 1 aromatic heterocycles. The standard InChI is InChI=1S/C14H16N4O2S/c1-9-17-12(8-21-9)14(20)18(7-13(16)19)6-10-3-2-4-11(15)5-10/h2-5,8H,6-7,15H2,1H3,(H2,16,19). The molecule has 0 fully saturated rings. The summed E-state index contributed by atoms with van der Waals surface area (Å²) in [5.74, 6) is -0.889. The molecule has 7 heteroatoms. The predicted molar refractivity (Wildman–Crippen MR) is 81.6 cm³/mol. The molecule has 0 bridgehead atoms. The van der Waals surface area contributed by atoms with Crippen molar-refractivity contribution < 1.29 is 9.59 Å². The normalized spacial score (nSPS) is 10.3. The van der Waals surface area contributed by atoms with E-state index in [9.17, 15) is 9.59 Å². The number of nitrogens with two attached hydrogens (primary N) is 2. The van der Waals surface area contributed by atoms with Gasteiger partial charge in [0.25, 0.3) is 5.91 Å². The number of aryl methyl sites for hydroxylation is 1. The summed E-state index contributed by atoms with van der Waals surface area (Å²) >= 11 is 1.38. The van der Waals surface area contributed by atoms with Crippen molar-refractivity contribution in [3.8, 4) is 0 Å². The molecule has 0 aliphatic carbocycles. The van der Waals surface area contributed by atoms with E-state index in [0.717, 1.165) is 10.6 Å². The van der Waals surface area contributed by atoms with Gasteiger partial charge in [0.1, 0.15) is 12.2 Å². The van der Waals surface area contributed by atoms with E-state index in [1.807, 2.05) is 13.0 Å². The minimum Gasteiger partial charge on any atom is -0.399 e. The topological polar surface area (TPSA) is 102 Å². The van der Waals surface area contributed by atoms with Crippen molar-refractivity contribution in [2.24, 2.45) is 5.73 Å². The smallest absolute Gasteiger partial charge is 0.274 e. The molecule has 0 aliphatic rings. The Bertz CT molecular complexity index is 668. The SMILES string of the molecule is Cc1nc(C(=O)N(CC(N)=O)Cc2cccc(N)c2)cs1. The molecular weight excluding hydrogens is 288 g/mol. The second-order valence-electron chi connectivity index (χ2n) is 4.62. The van der Waals surface area contributed by atoms with Gasteiger partial charge in [0.05, 0.1) is 5.01 Å². The van der Waals surface area contributed by atoms with Gasteiger partial charge in [0, 0.05) is 17.6 Å². The van der Waals surface area contributed by atoms with Crippen LogP contribution in [0.2, 0.25) is 0 Å². The number of nitrogens with zero attached hydrogens (tertiary/aromatic N) is 2. The van der Waals surface area contributed by atoms with Gasteiger partial charge >= 0.3 is 0 Å². The largest absolute Gasteiger partial charge is 0.399 e. The van der Waals surface area contributed by atoms with Crippen molar-refractivity contribution in [2.75, 3.05) is 12.3 Å². The molecule has 2 rings (SSSR count). The van der Waals surface area contributed by atoms with E-state index < -0.39 is 5.91 Å². The molecule has 110 valence electrons. The number of amides is 2. The van der Waals surface area contributed by atoms with Crippen molar-refractivity contribution in [1.82, 2.24) is 9.88 Å². The first-order chi connectivity index (χ1) is 9.95. The molecule has 0 saturated heterocycles. The van der Waals surface area contributed by atoms with Gasteiger partial charge in [-0.2, -0.15) is 0 Å². The van der Waals surface area contributed by atoms with Crippen molar-refractivity contribution in [2.45, 2.75) is 13.5 Å². The van der Waals surface area contributed by atoms with E-state index in [-0.39, 0.29) is 19.0 Å². The summed E-state index contributed by atoms with van der Waals surface area (Å²) < 4.78 is 0. The molecule has 0 saturated carbocycles. The van der Waals surface area contributed by atoms with Gasteiger partial charge in [-0.15, -0.1) is 11.3 Å². The minimum atomic E-state index is -0.570. The number of hydrogen-bond donors (Lipinski definition) is 2. The number of thiazole rings is 1. The van der Waals surface area contributed by atoms with Crippen molar-refractivity contribution in [1.29, 1.82) is 0 Å². The summed E-state index contributed by atoms with van der Waals surface area (Å²) in [6.45, 7) is 1.91. The van der Waals surface area contributed by atoms with Crippen LogP contribution in [-0.2, 0) is 11.3 Å².